The maximum Gasteiger partial charge on any atom is 0.415 e. The van der Waals surface area contributed by atoms with Crippen molar-refractivity contribution in [1.29, 1.82) is 0 Å². The molecule has 2 rings (SSSR count). The first-order chi connectivity index (χ1) is 10.2. The maximum absolute atomic E-state index is 11.9. The molecule has 4 unspecified atom stereocenters. The zero-order valence-electron chi connectivity index (χ0n) is 12.0. The predicted octanol–water partition coefficient (Wildman–Crippen LogP) is -1.28. The van der Waals surface area contributed by atoms with Gasteiger partial charge in [-0.05, 0) is 6.42 Å². The minimum absolute atomic E-state index is 0.121. The molecular formula is C13H18O9. The first-order valence-corrected chi connectivity index (χ1v) is 6.98. The van der Waals surface area contributed by atoms with Gasteiger partial charge in [-0.1, -0.05) is 19.8 Å². The Labute approximate surface area is 125 Å². The van der Waals surface area contributed by atoms with E-state index in [-0.39, 0.29) is 6.42 Å². The predicted molar refractivity (Wildman–Crippen MR) is 66.7 cm³/mol. The summed E-state index contributed by atoms with van der Waals surface area (Å²) in [6, 6.07) is 0. The number of cyclic esters (lactones) is 1. The molecule has 9 heteroatoms. The molecule has 2 heterocycles. The van der Waals surface area contributed by atoms with Crippen molar-refractivity contribution in [2.24, 2.45) is 0 Å². The summed E-state index contributed by atoms with van der Waals surface area (Å²) in [7, 11) is 0. The van der Waals surface area contributed by atoms with Gasteiger partial charge in [0, 0.05) is 0 Å². The number of esters is 3. The molecule has 124 valence electrons. The van der Waals surface area contributed by atoms with Gasteiger partial charge in [0.05, 0.1) is 12.8 Å². The standard InChI is InChI=1S/C13H18O9/c1-2-3-4-7(14)10-13(19)21-9(16)6-12(18,11(17)22-13)5-8(15)20-10/h7,10,14,18-19H,2-6H2,1H3. The van der Waals surface area contributed by atoms with Crippen LogP contribution in [0.2, 0.25) is 0 Å². The zero-order chi connectivity index (χ0) is 16.5. The number of carbonyl (C=O) groups is 3. The fourth-order valence-corrected chi connectivity index (χ4v) is 2.39. The molecule has 4 atom stereocenters. The number of hydrogen-bond donors (Lipinski definition) is 3. The number of rotatable bonds is 4. The highest BCUT2D eigenvalue weighted by Gasteiger charge is 2.60. The van der Waals surface area contributed by atoms with Crippen LogP contribution in [0.3, 0.4) is 0 Å². The number of hydrogen-bond acceptors (Lipinski definition) is 9. The average Bonchev–Trinajstić information content (AvgIpc) is 2.45. The van der Waals surface area contributed by atoms with Crippen molar-refractivity contribution in [3.8, 4) is 0 Å². The third-order valence-electron chi connectivity index (χ3n) is 3.57. The fraction of sp³-hybridized carbons (Fsp3) is 0.769. The van der Waals surface area contributed by atoms with Crippen molar-refractivity contribution in [1.82, 2.24) is 0 Å². The molecule has 0 aliphatic carbocycles. The summed E-state index contributed by atoms with van der Waals surface area (Å²) in [6.07, 6.45) is -3.53. The highest BCUT2D eigenvalue weighted by Crippen LogP contribution is 2.35. The largest absolute Gasteiger partial charge is 0.448 e. The van der Waals surface area contributed by atoms with Crippen LogP contribution >= 0.6 is 0 Å². The molecule has 22 heavy (non-hydrogen) atoms. The summed E-state index contributed by atoms with van der Waals surface area (Å²) in [4.78, 5) is 35.4. The second kappa shape index (κ2) is 5.82. The lowest BCUT2D eigenvalue weighted by molar-refractivity contribution is -0.372. The summed E-state index contributed by atoms with van der Waals surface area (Å²) < 4.78 is 14.1. The molecule has 0 radical (unpaired) electrons. The van der Waals surface area contributed by atoms with E-state index in [1.54, 1.807) is 0 Å². The Balaban J connectivity index is 2.37. The van der Waals surface area contributed by atoms with Crippen LogP contribution in [0.15, 0.2) is 0 Å². The van der Waals surface area contributed by atoms with Gasteiger partial charge < -0.3 is 29.5 Å². The molecule has 0 aromatic heterocycles. The first-order valence-electron chi connectivity index (χ1n) is 6.98. The van der Waals surface area contributed by atoms with Crippen molar-refractivity contribution in [2.45, 2.75) is 62.8 Å². The minimum Gasteiger partial charge on any atom is -0.448 e. The Hall–Kier alpha value is -1.71. The molecule has 2 aliphatic heterocycles. The van der Waals surface area contributed by atoms with E-state index in [1.807, 2.05) is 6.92 Å². The van der Waals surface area contributed by atoms with E-state index in [1.165, 1.54) is 0 Å². The Bertz CT molecular complexity index is 490. The number of ether oxygens (including phenoxy) is 3. The molecule has 2 fully saturated rings. The van der Waals surface area contributed by atoms with Crippen LogP contribution in [0.4, 0.5) is 0 Å². The summed E-state index contributed by atoms with van der Waals surface area (Å²) in [5, 5.41) is 30.4. The van der Waals surface area contributed by atoms with E-state index in [4.69, 9.17) is 4.74 Å². The van der Waals surface area contributed by atoms with Crippen LogP contribution in [0.1, 0.15) is 39.0 Å². The molecule has 2 aliphatic rings. The molecule has 0 amide bonds. The van der Waals surface area contributed by atoms with Crippen LogP contribution in [0, 0.1) is 0 Å². The van der Waals surface area contributed by atoms with E-state index in [0.717, 1.165) is 6.42 Å². The minimum atomic E-state index is -2.97. The molecule has 2 saturated heterocycles. The molecule has 0 saturated carbocycles. The van der Waals surface area contributed by atoms with E-state index in [2.05, 4.69) is 9.47 Å². The summed E-state index contributed by atoms with van der Waals surface area (Å²) in [6.45, 7) is 1.86. The highest BCUT2D eigenvalue weighted by atomic mass is 16.9. The number of aliphatic hydroxyl groups excluding tert-OH is 1. The van der Waals surface area contributed by atoms with Gasteiger partial charge in [-0.15, -0.1) is 0 Å². The second-order valence-corrected chi connectivity index (χ2v) is 5.50. The lowest BCUT2D eigenvalue weighted by Gasteiger charge is -2.36. The maximum atomic E-state index is 11.9. The molecular weight excluding hydrogens is 300 g/mol. The normalized spacial score (nSPS) is 36.5. The van der Waals surface area contributed by atoms with Crippen LogP contribution in [-0.4, -0.2) is 57.0 Å². The number of aliphatic hydroxyl groups is 3. The molecule has 3 N–H and O–H groups in total. The molecule has 9 nitrogen and oxygen atoms in total. The van der Waals surface area contributed by atoms with Crippen molar-refractivity contribution < 1.29 is 43.9 Å². The van der Waals surface area contributed by atoms with Gasteiger partial charge >= 0.3 is 23.9 Å². The van der Waals surface area contributed by atoms with Crippen LogP contribution in [0.5, 0.6) is 0 Å². The fourth-order valence-electron chi connectivity index (χ4n) is 2.39. The molecule has 0 aromatic rings. The zero-order valence-corrected chi connectivity index (χ0v) is 12.0. The van der Waals surface area contributed by atoms with Crippen LogP contribution in [-0.2, 0) is 28.6 Å². The lowest BCUT2D eigenvalue weighted by atomic mass is 9.95. The Kier molecular flexibility index (Phi) is 4.41. The Morgan fingerprint density at radius 1 is 1.18 bits per heavy atom. The van der Waals surface area contributed by atoms with Gasteiger partial charge in [-0.2, -0.15) is 0 Å². The van der Waals surface area contributed by atoms with E-state index >= 15 is 0 Å². The third-order valence-corrected chi connectivity index (χ3v) is 3.57. The topological polar surface area (TPSA) is 140 Å². The molecule has 0 aromatic carbocycles. The number of carbonyl (C=O) groups excluding carboxylic acids is 3. The van der Waals surface area contributed by atoms with Crippen LogP contribution < -0.4 is 0 Å². The third kappa shape index (κ3) is 3.06. The van der Waals surface area contributed by atoms with Gasteiger partial charge in [0.2, 0.25) is 6.10 Å². The van der Waals surface area contributed by atoms with Crippen molar-refractivity contribution in [3.05, 3.63) is 0 Å². The smallest absolute Gasteiger partial charge is 0.415 e. The number of unbranched alkanes of at least 4 members (excludes halogenated alkanes) is 1. The lowest BCUT2D eigenvalue weighted by Crippen LogP contribution is -2.58. The summed E-state index contributed by atoms with van der Waals surface area (Å²) >= 11 is 0. The van der Waals surface area contributed by atoms with Crippen molar-refractivity contribution in [3.63, 3.8) is 0 Å². The van der Waals surface area contributed by atoms with E-state index in [0.29, 0.717) is 6.42 Å². The SMILES string of the molecule is CCCCC(O)C1OC(=O)CC2(O)CC(=O)OC1(O)OC2=O. The Morgan fingerprint density at radius 2 is 1.82 bits per heavy atom. The quantitative estimate of drug-likeness (QED) is 0.541. The van der Waals surface area contributed by atoms with Crippen molar-refractivity contribution >= 4 is 17.9 Å². The summed E-state index contributed by atoms with van der Waals surface area (Å²) in [5.74, 6) is -6.56. The average molecular weight is 318 g/mol. The van der Waals surface area contributed by atoms with E-state index in [9.17, 15) is 29.7 Å². The second-order valence-electron chi connectivity index (χ2n) is 5.50. The highest BCUT2D eigenvalue weighted by molar-refractivity contribution is 5.92. The number of fused-ring (bicyclic) bond motifs is 3. The Morgan fingerprint density at radius 3 is 2.45 bits per heavy atom. The van der Waals surface area contributed by atoms with Gasteiger partial charge in [-0.3, -0.25) is 9.59 Å². The van der Waals surface area contributed by atoms with E-state index < -0.39 is 54.5 Å². The summed E-state index contributed by atoms with van der Waals surface area (Å²) in [5.41, 5.74) is -2.46. The van der Waals surface area contributed by atoms with Gasteiger partial charge in [0.1, 0.15) is 6.10 Å². The van der Waals surface area contributed by atoms with Gasteiger partial charge in [0.15, 0.2) is 5.60 Å². The van der Waals surface area contributed by atoms with Crippen LogP contribution in [0.25, 0.3) is 0 Å². The van der Waals surface area contributed by atoms with Gasteiger partial charge in [0.25, 0.3) is 0 Å². The van der Waals surface area contributed by atoms with Crippen molar-refractivity contribution in [2.75, 3.05) is 0 Å². The van der Waals surface area contributed by atoms with Gasteiger partial charge in [-0.25, -0.2) is 4.79 Å². The monoisotopic (exact) mass is 318 g/mol. The molecule has 0 spiro atoms. The first kappa shape index (κ1) is 16.7. The molecule has 2 bridgehead atoms.